The molecule has 1 N–H and O–H groups in total. The number of hydrogen-bond acceptors (Lipinski definition) is 5. The molecule has 0 bridgehead atoms. The van der Waals surface area contributed by atoms with Crippen LogP contribution in [-0.4, -0.2) is 27.5 Å². The number of nitrogens with one attached hydrogen (secondary N) is 1. The Labute approximate surface area is 84.6 Å². The molecule has 1 aromatic heterocycles. The molecule has 1 aromatic rings. The number of ether oxygens (including phenoxy) is 1. The lowest BCUT2D eigenvalue weighted by molar-refractivity contribution is -0.389. The number of esters is 1. The minimum absolute atomic E-state index is 0.0507. The number of carbonyl (C=O) groups is 1. The van der Waals surface area contributed by atoms with Gasteiger partial charge in [-0.1, -0.05) is 0 Å². The number of nitro groups is 1. The summed E-state index contributed by atoms with van der Waals surface area (Å²) in [5, 5.41) is 10.2. The summed E-state index contributed by atoms with van der Waals surface area (Å²) in [6.45, 7) is 1.88. The number of aromatic amines is 1. The van der Waals surface area contributed by atoms with E-state index >= 15 is 0 Å². The average Bonchev–Trinajstić information content (AvgIpc) is 2.63. The van der Waals surface area contributed by atoms with Gasteiger partial charge in [-0.05, 0) is 11.8 Å². The van der Waals surface area contributed by atoms with Crippen LogP contribution in [0.25, 0.3) is 0 Å². The Morgan fingerprint density at radius 1 is 1.80 bits per heavy atom. The summed E-state index contributed by atoms with van der Waals surface area (Å²) in [4.78, 5) is 26.3. The summed E-state index contributed by atoms with van der Waals surface area (Å²) in [5.74, 6) is 3.51. The lowest BCUT2D eigenvalue weighted by Crippen LogP contribution is -1.99. The Bertz CT molecular complexity index is 440. The minimum Gasteiger partial charge on any atom is -0.456 e. The van der Waals surface area contributed by atoms with Crippen molar-refractivity contribution in [1.29, 1.82) is 0 Å². The third-order valence-corrected chi connectivity index (χ3v) is 1.32. The van der Waals surface area contributed by atoms with Crippen LogP contribution in [0.1, 0.15) is 12.7 Å². The lowest BCUT2D eigenvalue weighted by Gasteiger charge is -1.89. The van der Waals surface area contributed by atoms with Gasteiger partial charge in [0.2, 0.25) is 0 Å². The maximum atomic E-state index is 10.8. The maximum absolute atomic E-state index is 10.8. The molecule has 0 aromatic carbocycles. The largest absolute Gasteiger partial charge is 0.456 e. The van der Waals surface area contributed by atoms with Crippen molar-refractivity contribution in [2.75, 3.05) is 6.61 Å². The minimum atomic E-state index is -0.698. The number of nitrogens with zero attached hydrogens (tertiary/aromatic N) is 2. The van der Waals surface area contributed by atoms with Gasteiger partial charge in [0, 0.05) is 11.8 Å². The van der Waals surface area contributed by atoms with Crippen molar-refractivity contribution in [2.24, 2.45) is 0 Å². The van der Waals surface area contributed by atoms with E-state index in [9.17, 15) is 14.9 Å². The molecule has 0 atom stereocenters. The van der Waals surface area contributed by atoms with Gasteiger partial charge in [0.25, 0.3) is 5.82 Å². The van der Waals surface area contributed by atoms with Gasteiger partial charge in [-0.3, -0.25) is 0 Å². The molecule has 0 spiro atoms. The summed E-state index contributed by atoms with van der Waals surface area (Å²) in [5.41, 5.74) is 0. The van der Waals surface area contributed by atoms with E-state index in [0.29, 0.717) is 0 Å². The number of H-pyrrole nitrogens is 1. The molecule has 0 fully saturated rings. The van der Waals surface area contributed by atoms with E-state index in [-0.39, 0.29) is 18.2 Å². The second-order valence-electron chi connectivity index (χ2n) is 2.34. The fourth-order valence-corrected chi connectivity index (χ4v) is 0.745. The normalized spacial score (nSPS) is 8.87. The smallest absolute Gasteiger partial charge is 0.384 e. The molecular formula is C8H7N3O4. The van der Waals surface area contributed by atoms with Gasteiger partial charge >= 0.3 is 11.8 Å². The van der Waals surface area contributed by atoms with E-state index in [1.165, 1.54) is 0 Å². The van der Waals surface area contributed by atoms with Crippen LogP contribution in [0.5, 0.6) is 0 Å². The number of rotatable bonds is 2. The molecule has 1 heterocycles. The van der Waals surface area contributed by atoms with Crippen molar-refractivity contribution in [3.8, 4) is 11.8 Å². The van der Waals surface area contributed by atoms with Crippen LogP contribution in [-0.2, 0) is 9.53 Å². The fraction of sp³-hybridized carbons (Fsp3) is 0.250. The lowest BCUT2D eigenvalue weighted by atomic mass is 10.5. The number of imidazole rings is 1. The number of carbonyl (C=O) groups excluding carboxylic acids is 1. The molecule has 1 rings (SSSR count). The third kappa shape index (κ3) is 3.11. The van der Waals surface area contributed by atoms with Crippen LogP contribution in [0, 0.1) is 22.0 Å². The molecule has 0 amide bonds. The highest BCUT2D eigenvalue weighted by Crippen LogP contribution is 2.04. The highest BCUT2D eigenvalue weighted by Gasteiger charge is 2.07. The van der Waals surface area contributed by atoms with Gasteiger partial charge in [-0.2, -0.15) is 0 Å². The van der Waals surface area contributed by atoms with Crippen LogP contribution >= 0.6 is 0 Å². The van der Waals surface area contributed by atoms with E-state index < -0.39 is 10.9 Å². The van der Waals surface area contributed by atoms with Crippen molar-refractivity contribution < 1.29 is 14.5 Å². The van der Waals surface area contributed by atoms with E-state index in [1.807, 2.05) is 0 Å². The zero-order chi connectivity index (χ0) is 11.3. The molecular weight excluding hydrogens is 202 g/mol. The van der Waals surface area contributed by atoms with Crippen molar-refractivity contribution in [3.05, 3.63) is 22.1 Å². The van der Waals surface area contributed by atoms with Crippen molar-refractivity contribution in [1.82, 2.24) is 9.97 Å². The van der Waals surface area contributed by atoms with E-state index in [2.05, 4.69) is 26.5 Å². The van der Waals surface area contributed by atoms with Gasteiger partial charge < -0.3 is 14.9 Å². The van der Waals surface area contributed by atoms with Crippen LogP contribution in [0.3, 0.4) is 0 Å². The Morgan fingerprint density at radius 2 is 2.53 bits per heavy atom. The predicted molar refractivity (Wildman–Crippen MR) is 48.8 cm³/mol. The van der Waals surface area contributed by atoms with Gasteiger partial charge in [-0.25, -0.2) is 14.8 Å². The van der Waals surface area contributed by atoms with Crippen LogP contribution in [0.4, 0.5) is 5.82 Å². The molecule has 0 radical (unpaired) electrons. The Kier molecular flexibility index (Phi) is 3.40. The topological polar surface area (TPSA) is 98.1 Å². The molecule has 0 unspecified atom stereocenters. The Hall–Kier alpha value is -2.36. The highest BCUT2D eigenvalue weighted by atomic mass is 16.6. The molecule has 7 nitrogen and oxygen atoms in total. The second-order valence-corrected chi connectivity index (χ2v) is 2.34. The first kappa shape index (κ1) is 10.7. The third-order valence-electron chi connectivity index (χ3n) is 1.32. The monoisotopic (exact) mass is 209 g/mol. The van der Waals surface area contributed by atoms with Crippen LogP contribution < -0.4 is 0 Å². The quantitative estimate of drug-likeness (QED) is 0.325. The SMILES string of the molecule is CCOC(=O)C#Cc1ncc([N+](=O)[O-])[nH]1. The van der Waals surface area contributed by atoms with E-state index in [0.717, 1.165) is 6.20 Å². The van der Waals surface area contributed by atoms with Crippen LogP contribution in [0.2, 0.25) is 0 Å². The first-order chi connectivity index (χ1) is 7.13. The summed E-state index contributed by atoms with van der Waals surface area (Å²) < 4.78 is 4.53. The zero-order valence-corrected chi connectivity index (χ0v) is 7.81. The van der Waals surface area contributed by atoms with Crippen molar-refractivity contribution in [2.45, 2.75) is 6.92 Å². The fourth-order valence-electron chi connectivity index (χ4n) is 0.745. The molecule has 7 heteroatoms. The Morgan fingerprint density at radius 3 is 3.07 bits per heavy atom. The van der Waals surface area contributed by atoms with Gasteiger partial charge in [0.15, 0.2) is 0 Å². The zero-order valence-electron chi connectivity index (χ0n) is 7.81. The summed E-state index contributed by atoms with van der Waals surface area (Å²) >= 11 is 0. The first-order valence-corrected chi connectivity index (χ1v) is 4.01. The van der Waals surface area contributed by atoms with Crippen LogP contribution in [0.15, 0.2) is 6.20 Å². The summed E-state index contributed by atoms with van der Waals surface area (Å²) in [6, 6.07) is 0. The number of aromatic nitrogens is 2. The predicted octanol–water partition coefficient (Wildman–Crippen LogP) is 0.232. The molecule has 0 aliphatic rings. The van der Waals surface area contributed by atoms with Gasteiger partial charge in [-0.15, -0.1) is 0 Å². The first-order valence-electron chi connectivity index (χ1n) is 4.01. The number of hydrogen-bond donors (Lipinski definition) is 1. The summed E-state index contributed by atoms with van der Waals surface area (Å²) in [6.07, 6.45) is 1.02. The van der Waals surface area contributed by atoms with E-state index in [4.69, 9.17) is 0 Å². The van der Waals surface area contributed by atoms with E-state index in [1.54, 1.807) is 6.92 Å². The van der Waals surface area contributed by atoms with Crippen molar-refractivity contribution in [3.63, 3.8) is 0 Å². The van der Waals surface area contributed by atoms with Gasteiger partial charge in [0.1, 0.15) is 6.20 Å². The van der Waals surface area contributed by atoms with Gasteiger partial charge in [0.05, 0.1) is 6.61 Å². The second kappa shape index (κ2) is 4.76. The van der Waals surface area contributed by atoms with Crippen molar-refractivity contribution >= 4 is 11.8 Å². The molecule has 0 saturated heterocycles. The molecule has 0 aliphatic heterocycles. The maximum Gasteiger partial charge on any atom is 0.384 e. The molecule has 0 aliphatic carbocycles. The average molecular weight is 209 g/mol. The standard InChI is InChI=1S/C8H7N3O4/c1-2-15-8(12)4-3-6-9-5-7(10-6)11(13)14/h5H,2H2,1H3,(H,9,10). The molecule has 15 heavy (non-hydrogen) atoms. The summed E-state index contributed by atoms with van der Waals surface area (Å²) in [7, 11) is 0. The molecule has 78 valence electrons. The molecule has 0 saturated carbocycles. The Balaban J connectivity index is 2.72. The highest BCUT2D eigenvalue weighted by molar-refractivity contribution is 5.88.